The number of ether oxygens (including phenoxy) is 1. The average Bonchev–Trinajstić information content (AvgIpc) is 2.54. The van der Waals surface area contributed by atoms with Crippen molar-refractivity contribution in [1.82, 2.24) is 4.98 Å². The SMILES string of the molecule is CC1(C)CN(c2ccc([N+](=O)[O-])c(-c3ccccc3)n2)CCO1. The monoisotopic (exact) mass is 313 g/mol. The van der Waals surface area contributed by atoms with Crippen LogP contribution in [0.25, 0.3) is 11.3 Å². The van der Waals surface area contributed by atoms with Gasteiger partial charge >= 0.3 is 0 Å². The van der Waals surface area contributed by atoms with E-state index in [1.807, 2.05) is 44.2 Å². The van der Waals surface area contributed by atoms with E-state index in [0.29, 0.717) is 18.8 Å². The number of hydrogen-bond donors (Lipinski definition) is 0. The van der Waals surface area contributed by atoms with Crippen molar-refractivity contribution in [2.24, 2.45) is 0 Å². The minimum atomic E-state index is -0.387. The number of hydrogen-bond acceptors (Lipinski definition) is 5. The van der Waals surface area contributed by atoms with Crippen LogP contribution in [0.2, 0.25) is 0 Å². The lowest BCUT2D eigenvalue weighted by Gasteiger charge is -2.38. The molecule has 6 heteroatoms. The molecule has 1 saturated heterocycles. The molecule has 0 unspecified atom stereocenters. The summed E-state index contributed by atoms with van der Waals surface area (Å²) in [6.45, 7) is 6.10. The summed E-state index contributed by atoms with van der Waals surface area (Å²) in [5.41, 5.74) is 0.910. The number of benzene rings is 1. The van der Waals surface area contributed by atoms with Gasteiger partial charge in [0, 0.05) is 24.7 Å². The summed E-state index contributed by atoms with van der Waals surface area (Å²) in [5, 5.41) is 11.3. The lowest BCUT2D eigenvalue weighted by molar-refractivity contribution is -0.384. The fourth-order valence-corrected chi connectivity index (χ4v) is 2.79. The Morgan fingerprint density at radius 2 is 1.96 bits per heavy atom. The number of nitro groups is 1. The lowest BCUT2D eigenvalue weighted by atomic mass is 10.1. The third-order valence-electron chi connectivity index (χ3n) is 3.85. The zero-order valence-corrected chi connectivity index (χ0v) is 13.2. The molecule has 0 amide bonds. The van der Waals surface area contributed by atoms with Crippen LogP contribution in [-0.2, 0) is 4.74 Å². The van der Waals surface area contributed by atoms with Crippen molar-refractivity contribution >= 4 is 11.5 Å². The van der Waals surface area contributed by atoms with E-state index in [2.05, 4.69) is 9.88 Å². The highest BCUT2D eigenvalue weighted by Crippen LogP contribution is 2.31. The largest absolute Gasteiger partial charge is 0.372 e. The highest BCUT2D eigenvalue weighted by molar-refractivity contribution is 5.71. The van der Waals surface area contributed by atoms with Crippen LogP contribution in [0.4, 0.5) is 11.5 Å². The van der Waals surface area contributed by atoms with Crippen LogP contribution in [0.3, 0.4) is 0 Å². The first-order valence-electron chi connectivity index (χ1n) is 7.56. The Morgan fingerprint density at radius 3 is 2.61 bits per heavy atom. The van der Waals surface area contributed by atoms with Gasteiger partial charge in [-0.25, -0.2) is 4.98 Å². The van der Waals surface area contributed by atoms with E-state index in [0.717, 1.165) is 17.9 Å². The second kappa shape index (κ2) is 5.96. The highest BCUT2D eigenvalue weighted by Gasteiger charge is 2.29. The molecule has 23 heavy (non-hydrogen) atoms. The molecule has 0 saturated carbocycles. The van der Waals surface area contributed by atoms with Gasteiger partial charge in [0.05, 0.1) is 17.1 Å². The van der Waals surface area contributed by atoms with Crippen molar-refractivity contribution < 1.29 is 9.66 Å². The van der Waals surface area contributed by atoms with E-state index in [-0.39, 0.29) is 16.2 Å². The van der Waals surface area contributed by atoms with Crippen LogP contribution in [0.5, 0.6) is 0 Å². The smallest absolute Gasteiger partial charge is 0.295 e. The molecular weight excluding hydrogens is 294 g/mol. The van der Waals surface area contributed by atoms with E-state index >= 15 is 0 Å². The molecule has 1 aromatic carbocycles. The van der Waals surface area contributed by atoms with Crippen LogP contribution in [0.1, 0.15) is 13.8 Å². The molecule has 0 N–H and O–H groups in total. The molecule has 1 aliphatic rings. The molecule has 0 bridgehead atoms. The third kappa shape index (κ3) is 3.32. The predicted octanol–water partition coefficient (Wildman–Crippen LogP) is 3.27. The van der Waals surface area contributed by atoms with Crippen LogP contribution in [0.15, 0.2) is 42.5 Å². The maximum Gasteiger partial charge on any atom is 0.295 e. The Labute approximate surface area is 134 Å². The number of morpholine rings is 1. The normalized spacial score (nSPS) is 17.0. The maximum atomic E-state index is 11.3. The zero-order chi connectivity index (χ0) is 16.4. The molecule has 120 valence electrons. The molecule has 0 aliphatic carbocycles. The van der Waals surface area contributed by atoms with Crippen molar-refractivity contribution in [2.45, 2.75) is 19.4 Å². The standard InChI is InChI=1S/C17H19N3O3/c1-17(2)12-19(10-11-23-17)15-9-8-14(20(21)22)16(18-15)13-6-4-3-5-7-13/h3-9H,10-12H2,1-2H3. The molecule has 1 aromatic heterocycles. The van der Waals surface area contributed by atoms with Crippen molar-refractivity contribution in [3.8, 4) is 11.3 Å². The zero-order valence-electron chi connectivity index (χ0n) is 13.2. The average molecular weight is 313 g/mol. The van der Waals surface area contributed by atoms with Gasteiger partial charge in [-0.05, 0) is 19.9 Å². The summed E-state index contributed by atoms with van der Waals surface area (Å²) in [4.78, 5) is 17.6. The van der Waals surface area contributed by atoms with Gasteiger partial charge in [0.15, 0.2) is 5.69 Å². The second-order valence-electron chi connectivity index (χ2n) is 6.19. The molecular formula is C17H19N3O3. The fraction of sp³-hybridized carbons (Fsp3) is 0.353. The maximum absolute atomic E-state index is 11.3. The first-order chi connectivity index (χ1) is 11.0. The van der Waals surface area contributed by atoms with Gasteiger partial charge in [0.25, 0.3) is 5.69 Å². The number of anilines is 1. The summed E-state index contributed by atoms with van der Waals surface area (Å²) >= 11 is 0. The van der Waals surface area contributed by atoms with E-state index in [4.69, 9.17) is 4.74 Å². The minimum absolute atomic E-state index is 0.0208. The minimum Gasteiger partial charge on any atom is -0.372 e. The van der Waals surface area contributed by atoms with E-state index in [1.165, 1.54) is 6.07 Å². The summed E-state index contributed by atoms with van der Waals surface area (Å²) in [6, 6.07) is 12.5. The summed E-state index contributed by atoms with van der Waals surface area (Å²) in [6.07, 6.45) is 0. The Kier molecular flexibility index (Phi) is 4.00. The van der Waals surface area contributed by atoms with Gasteiger partial charge in [-0.2, -0.15) is 0 Å². The topological polar surface area (TPSA) is 68.5 Å². The Balaban J connectivity index is 2.02. The highest BCUT2D eigenvalue weighted by atomic mass is 16.6. The van der Waals surface area contributed by atoms with Gasteiger partial charge in [-0.15, -0.1) is 0 Å². The summed E-state index contributed by atoms with van der Waals surface area (Å²) in [7, 11) is 0. The van der Waals surface area contributed by atoms with Crippen LogP contribution in [0, 0.1) is 10.1 Å². The molecule has 2 aromatic rings. The van der Waals surface area contributed by atoms with Crippen molar-refractivity contribution in [3.05, 3.63) is 52.6 Å². The number of aromatic nitrogens is 1. The van der Waals surface area contributed by atoms with Crippen LogP contribution in [-0.4, -0.2) is 35.2 Å². The quantitative estimate of drug-likeness (QED) is 0.642. The van der Waals surface area contributed by atoms with Gasteiger partial charge < -0.3 is 9.64 Å². The third-order valence-corrected chi connectivity index (χ3v) is 3.85. The van der Waals surface area contributed by atoms with Crippen molar-refractivity contribution in [3.63, 3.8) is 0 Å². The molecule has 2 heterocycles. The molecule has 1 aliphatic heterocycles. The predicted molar refractivity (Wildman–Crippen MR) is 88.6 cm³/mol. The van der Waals surface area contributed by atoms with Crippen molar-refractivity contribution in [2.75, 3.05) is 24.6 Å². The Morgan fingerprint density at radius 1 is 1.22 bits per heavy atom. The lowest BCUT2D eigenvalue weighted by Crippen LogP contribution is -2.48. The van der Waals surface area contributed by atoms with Gasteiger partial charge in [-0.1, -0.05) is 30.3 Å². The van der Waals surface area contributed by atoms with Crippen molar-refractivity contribution in [1.29, 1.82) is 0 Å². The molecule has 6 nitrogen and oxygen atoms in total. The number of rotatable bonds is 3. The number of pyridine rings is 1. The molecule has 1 fully saturated rings. The van der Waals surface area contributed by atoms with Gasteiger partial charge in [-0.3, -0.25) is 10.1 Å². The number of nitrogens with zero attached hydrogens (tertiary/aromatic N) is 3. The molecule has 0 atom stereocenters. The molecule has 0 radical (unpaired) electrons. The fourth-order valence-electron chi connectivity index (χ4n) is 2.79. The van der Waals surface area contributed by atoms with E-state index in [1.54, 1.807) is 6.07 Å². The van der Waals surface area contributed by atoms with Crippen LogP contribution >= 0.6 is 0 Å². The summed E-state index contributed by atoms with van der Waals surface area (Å²) in [5.74, 6) is 0.742. The Hall–Kier alpha value is -2.47. The van der Waals surface area contributed by atoms with Crippen LogP contribution < -0.4 is 4.90 Å². The first kappa shape index (κ1) is 15.4. The molecule has 0 spiro atoms. The van der Waals surface area contributed by atoms with Gasteiger partial charge in [0.2, 0.25) is 0 Å². The van der Waals surface area contributed by atoms with Gasteiger partial charge in [0.1, 0.15) is 5.82 Å². The van der Waals surface area contributed by atoms with E-state index < -0.39 is 0 Å². The second-order valence-corrected chi connectivity index (χ2v) is 6.19. The Bertz CT molecular complexity index is 716. The molecule has 3 rings (SSSR count). The van der Waals surface area contributed by atoms with E-state index in [9.17, 15) is 10.1 Å². The summed E-state index contributed by atoms with van der Waals surface area (Å²) < 4.78 is 5.72. The first-order valence-corrected chi connectivity index (χ1v) is 7.56.